The second-order valence-corrected chi connectivity index (χ2v) is 26.0. The molecule has 0 aliphatic rings. The van der Waals surface area contributed by atoms with Crippen LogP contribution in [0.15, 0.2) is 12.2 Å². The second-order valence-electron chi connectivity index (χ2n) is 26.0. The maximum atomic E-state index is 12.7. The Morgan fingerprint density at radius 3 is 0.750 bits per heavy atom. The van der Waals surface area contributed by atoms with Crippen LogP contribution in [0, 0.1) is 0 Å². The van der Waals surface area contributed by atoms with Crippen molar-refractivity contribution in [2.24, 2.45) is 0 Å². The molecule has 0 heterocycles. The van der Waals surface area contributed by atoms with E-state index in [9.17, 15) is 25.2 Å². The summed E-state index contributed by atoms with van der Waals surface area (Å²) in [6.07, 6.45) is 86.5. The number of carbonyl (C=O) groups excluding carboxylic acids is 1. The number of amides is 1. The van der Waals surface area contributed by atoms with Crippen molar-refractivity contribution >= 4 is 5.91 Å². The van der Waals surface area contributed by atoms with Crippen molar-refractivity contribution in [3.8, 4) is 0 Å². The van der Waals surface area contributed by atoms with Gasteiger partial charge in [0, 0.05) is 0 Å². The predicted octanol–water partition coefficient (Wildman–Crippen LogP) is 23.1. The third kappa shape index (κ3) is 61.6. The van der Waals surface area contributed by atoms with Crippen molar-refractivity contribution in [1.82, 2.24) is 5.32 Å². The molecule has 0 aliphatic heterocycles. The van der Waals surface area contributed by atoms with Gasteiger partial charge in [-0.2, -0.15) is 0 Å². The molecule has 1 amide bonds. The Morgan fingerprint density at radius 1 is 0.300 bits per heavy atom. The normalized spacial score (nSPS) is 13.4. The second kappa shape index (κ2) is 68.8. The molecule has 0 aliphatic carbocycles. The van der Waals surface area contributed by atoms with Gasteiger partial charge in [-0.25, -0.2) is 0 Å². The standard InChI is InChI=1S/C74H147NO5/c1-3-5-7-9-11-13-15-17-19-21-23-25-27-29-31-33-35-36-37-38-40-42-44-46-48-50-52-54-56-58-60-62-64-66-68-72(78)74(80)75-70(69-76)73(79)71(77)67-65-63-61-59-57-55-53-51-49-47-45-43-41-39-34-32-30-28-26-24-22-20-18-16-14-12-10-8-6-4-2/h59,61,70-73,76-79H,3-58,60,62-69H2,1-2H3,(H,75,80)/b61-59+. The monoisotopic (exact) mass is 1130 g/mol. The summed E-state index contributed by atoms with van der Waals surface area (Å²) in [7, 11) is 0. The van der Waals surface area contributed by atoms with Gasteiger partial charge in [0.15, 0.2) is 0 Å². The van der Waals surface area contributed by atoms with Gasteiger partial charge in [-0.15, -0.1) is 0 Å². The number of hydrogen-bond donors (Lipinski definition) is 5. The summed E-state index contributed by atoms with van der Waals surface area (Å²) in [5, 5.41) is 44.3. The number of unbranched alkanes of at least 4 members (excludes halogenated alkanes) is 59. The maximum Gasteiger partial charge on any atom is 0.249 e. The molecule has 0 rings (SSSR count). The average molecular weight is 1130 g/mol. The molecule has 0 aromatic heterocycles. The van der Waals surface area contributed by atoms with E-state index >= 15 is 0 Å². The summed E-state index contributed by atoms with van der Waals surface area (Å²) in [5.74, 6) is -0.583. The number of nitrogens with one attached hydrogen (secondary N) is 1. The molecule has 6 nitrogen and oxygen atoms in total. The van der Waals surface area contributed by atoms with E-state index < -0.39 is 36.9 Å². The van der Waals surface area contributed by atoms with Gasteiger partial charge in [0.25, 0.3) is 0 Å². The fourth-order valence-corrected chi connectivity index (χ4v) is 12.2. The summed E-state index contributed by atoms with van der Waals surface area (Å²) in [6.45, 7) is 4.11. The lowest BCUT2D eigenvalue weighted by atomic mass is 10.00. The van der Waals surface area contributed by atoms with E-state index in [1.54, 1.807) is 0 Å². The zero-order valence-corrected chi connectivity index (χ0v) is 54.6. The third-order valence-corrected chi connectivity index (χ3v) is 18.0. The minimum atomic E-state index is -1.28. The molecular weight excluding hydrogens is 983 g/mol. The van der Waals surface area contributed by atoms with Gasteiger partial charge in [0.05, 0.1) is 18.8 Å². The van der Waals surface area contributed by atoms with Crippen molar-refractivity contribution in [3.63, 3.8) is 0 Å². The van der Waals surface area contributed by atoms with Crippen molar-refractivity contribution < 1.29 is 25.2 Å². The maximum absolute atomic E-state index is 12.7. The summed E-state index contributed by atoms with van der Waals surface area (Å²) < 4.78 is 0. The molecule has 0 radical (unpaired) electrons. The lowest BCUT2D eigenvalue weighted by Gasteiger charge is -2.27. The van der Waals surface area contributed by atoms with Crippen LogP contribution in [0.2, 0.25) is 0 Å². The van der Waals surface area contributed by atoms with Crippen molar-refractivity contribution in [3.05, 3.63) is 12.2 Å². The highest BCUT2D eigenvalue weighted by Gasteiger charge is 2.28. The summed E-state index contributed by atoms with van der Waals surface area (Å²) in [6, 6.07) is -1.00. The van der Waals surface area contributed by atoms with E-state index in [0.29, 0.717) is 12.8 Å². The molecule has 0 fully saturated rings. The van der Waals surface area contributed by atoms with Crippen LogP contribution in [-0.2, 0) is 4.79 Å². The van der Waals surface area contributed by atoms with Crippen LogP contribution in [0.1, 0.15) is 425 Å². The first-order chi connectivity index (χ1) is 39.5. The highest BCUT2D eigenvalue weighted by Crippen LogP contribution is 2.20. The van der Waals surface area contributed by atoms with E-state index in [1.807, 2.05) is 0 Å². The first-order valence-corrected chi connectivity index (χ1v) is 37.1. The summed E-state index contributed by atoms with van der Waals surface area (Å²) in [4.78, 5) is 12.7. The van der Waals surface area contributed by atoms with Crippen LogP contribution in [0.25, 0.3) is 0 Å². The largest absolute Gasteiger partial charge is 0.394 e. The van der Waals surface area contributed by atoms with Crippen molar-refractivity contribution in [2.75, 3.05) is 6.61 Å². The SMILES string of the molecule is CCCCCCCCCCCCCCCCCCCCCCCCCCC/C=C/CCCC(O)C(O)C(CO)NC(=O)C(O)CCCCCCCCCCCCCCCCCCCCCCCCCCCCCCCCCCCC. The van der Waals surface area contributed by atoms with E-state index in [1.165, 1.54) is 360 Å². The smallest absolute Gasteiger partial charge is 0.249 e. The number of aliphatic hydroxyl groups is 4. The Hall–Kier alpha value is -0.950. The third-order valence-electron chi connectivity index (χ3n) is 18.0. The minimum Gasteiger partial charge on any atom is -0.394 e. The number of hydrogen-bond acceptors (Lipinski definition) is 5. The van der Waals surface area contributed by atoms with Gasteiger partial charge in [0.2, 0.25) is 5.91 Å². The van der Waals surface area contributed by atoms with Crippen molar-refractivity contribution in [1.29, 1.82) is 0 Å². The first-order valence-electron chi connectivity index (χ1n) is 37.1. The van der Waals surface area contributed by atoms with Gasteiger partial charge in [-0.05, 0) is 38.5 Å². The number of allylic oxidation sites excluding steroid dienone is 2. The van der Waals surface area contributed by atoms with E-state index in [-0.39, 0.29) is 0 Å². The fraction of sp³-hybridized carbons (Fsp3) is 0.959. The van der Waals surface area contributed by atoms with E-state index in [2.05, 4.69) is 31.3 Å². The van der Waals surface area contributed by atoms with Gasteiger partial charge >= 0.3 is 0 Å². The summed E-state index contributed by atoms with van der Waals surface area (Å²) >= 11 is 0. The molecule has 0 saturated heterocycles. The molecule has 0 bridgehead atoms. The van der Waals surface area contributed by atoms with Gasteiger partial charge in [0.1, 0.15) is 12.2 Å². The number of carbonyl (C=O) groups is 1. The Balaban J connectivity index is 3.52. The summed E-state index contributed by atoms with van der Waals surface area (Å²) in [5.41, 5.74) is 0. The zero-order valence-electron chi connectivity index (χ0n) is 54.6. The van der Waals surface area contributed by atoms with Crippen LogP contribution >= 0.6 is 0 Å². The first kappa shape index (κ1) is 79.0. The highest BCUT2D eigenvalue weighted by molar-refractivity contribution is 5.80. The Morgan fingerprint density at radius 2 is 0.512 bits per heavy atom. The molecule has 0 saturated carbocycles. The average Bonchev–Trinajstić information content (AvgIpc) is 3.46. The molecule has 0 aromatic rings. The van der Waals surface area contributed by atoms with Gasteiger partial charge < -0.3 is 25.7 Å². The molecule has 4 unspecified atom stereocenters. The molecule has 80 heavy (non-hydrogen) atoms. The molecule has 0 spiro atoms. The molecular formula is C74H147NO5. The van der Waals surface area contributed by atoms with Gasteiger partial charge in [-0.1, -0.05) is 398 Å². The Kier molecular flexibility index (Phi) is 68.0. The molecule has 5 N–H and O–H groups in total. The van der Waals surface area contributed by atoms with Crippen LogP contribution in [0.3, 0.4) is 0 Å². The Labute approximate surface area is 502 Å². The quantitative estimate of drug-likeness (QED) is 0.0308. The number of rotatable bonds is 70. The van der Waals surface area contributed by atoms with E-state index in [0.717, 1.165) is 38.5 Å². The zero-order chi connectivity index (χ0) is 58.0. The van der Waals surface area contributed by atoms with Crippen molar-refractivity contribution in [2.45, 2.75) is 449 Å². The predicted molar refractivity (Wildman–Crippen MR) is 353 cm³/mol. The Bertz CT molecular complexity index is 1180. The van der Waals surface area contributed by atoms with Gasteiger partial charge in [-0.3, -0.25) is 4.79 Å². The molecule has 478 valence electrons. The highest BCUT2D eigenvalue weighted by atomic mass is 16.3. The van der Waals surface area contributed by atoms with E-state index in [4.69, 9.17) is 0 Å². The van der Waals surface area contributed by atoms with Crippen LogP contribution in [0.4, 0.5) is 0 Å². The topological polar surface area (TPSA) is 110 Å². The molecule has 4 atom stereocenters. The fourth-order valence-electron chi connectivity index (χ4n) is 12.2. The minimum absolute atomic E-state index is 0.369. The lowest BCUT2D eigenvalue weighted by molar-refractivity contribution is -0.132. The van der Waals surface area contributed by atoms with Crippen LogP contribution in [0.5, 0.6) is 0 Å². The molecule has 6 heteroatoms. The van der Waals surface area contributed by atoms with Crippen LogP contribution < -0.4 is 5.32 Å². The number of aliphatic hydroxyl groups excluding tert-OH is 4. The lowest BCUT2D eigenvalue weighted by Crippen LogP contribution is -2.53. The molecule has 0 aromatic carbocycles. The van der Waals surface area contributed by atoms with Crippen LogP contribution in [-0.4, -0.2) is 57.3 Å².